The van der Waals surface area contributed by atoms with Crippen molar-refractivity contribution < 1.29 is 8.61 Å². The Morgan fingerprint density at radius 3 is 2.89 bits per heavy atom. The third-order valence-electron chi connectivity index (χ3n) is 0.665. The summed E-state index contributed by atoms with van der Waals surface area (Å²) in [5, 5.41) is 0. The van der Waals surface area contributed by atoms with Gasteiger partial charge in [0.2, 0.25) is 0 Å². The van der Waals surface area contributed by atoms with Crippen molar-refractivity contribution in [3.63, 3.8) is 0 Å². The maximum atomic E-state index is 10.6. The molecule has 9 heavy (non-hydrogen) atoms. The van der Waals surface area contributed by atoms with Crippen LogP contribution in [0.3, 0.4) is 0 Å². The standard InChI is InChI=1S/C4H9NO2SSe/c1-9-7-4(6)3(5)2-8/h3,8H,2,5H2,1H3/t3-/m0/s1. The van der Waals surface area contributed by atoms with Gasteiger partial charge in [0, 0.05) is 0 Å². The van der Waals surface area contributed by atoms with Crippen molar-refractivity contribution in [2.24, 2.45) is 5.73 Å². The molecule has 1 atom stereocenters. The first-order valence-corrected chi connectivity index (χ1v) is 5.37. The Balaban J connectivity index is 3.46. The van der Waals surface area contributed by atoms with Gasteiger partial charge in [0.05, 0.1) is 0 Å². The second kappa shape index (κ2) is 5.11. The molecular weight excluding hydrogens is 205 g/mol. The van der Waals surface area contributed by atoms with Crippen molar-refractivity contribution in [3.8, 4) is 0 Å². The molecular formula is C4H9NO2SSe. The Hall–Kier alpha value is 0.299. The SMILES string of the molecule is C[Se]OC(=O)[C@@H](N)CS. The third-order valence-corrected chi connectivity index (χ3v) is 1.75. The van der Waals surface area contributed by atoms with Crippen LogP contribution in [0.2, 0.25) is 5.82 Å². The molecule has 0 unspecified atom stereocenters. The number of rotatable bonds is 3. The zero-order valence-corrected chi connectivity index (χ0v) is 7.64. The zero-order valence-electron chi connectivity index (χ0n) is 5.03. The maximum absolute atomic E-state index is 10.6. The Labute approximate surface area is 66.2 Å². The summed E-state index contributed by atoms with van der Waals surface area (Å²) in [4.78, 5) is 10.6. The fourth-order valence-corrected chi connectivity index (χ4v) is 0.971. The summed E-state index contributed by atoms with van der Waals surface area (Å²) in [6.07, 6.45) is 0. The molecule has 3 nitrogen and oxygen atoms in total. The first-order valence-electron chi connectivity index (χ1n) is 2.33. The summed E-state index contributed by atoms with van der Waals surface area (Å²) in [5.74, 6) is 1.79. The quantitative estimate of drug-likeness (QED) is 0.489. The Bertz CT molecular complexity index is 101. The monoisotopic (exact) mass is 215 g/mol. The van der Waals surface area contributed by atoms with Gasteiger partial charge in [-0.2, -0.15) is 0 Å². The van der Waals surface area contributed by atoms with Gasteiger partial charge in [-0.3, -0.25) is 0 Å². The number of hydrogen-bond donors (Lipinski definition) is 2. The van der Waals surface area contributed by atoms with Crippen LogP contribution in [-0.2, 0) is 8.61 Å². The van der Waals surface area contributed by atoms with Crippen LogP contribution in [0.25, 0.3) is 0 Å². The van der Waals surface area contributed by atoms with Gasteiger partial charge >= 0.3 is 65.8 Å². The van der Waals surface area contributed by atoms with E-state index in [0.29, 0.717) is 5.75 Å². The second-order valence-corrected chi connectivity index (χ2v) is 2.77. The van der Waals surface area contributed by atoms with Gasteiger partial charge in [0.1, 0.15) is 0 Å². The number of nitrogens with two attached hydrogens (primary N) is 1. The van der Waals surface area contributed by atoms with Gasteiger partial charge < -0.3 is 0 Å². The normalized spacial score (nSPS) is 12.8. The van der Waals surface area contributed by atoms with E-state index in [0.717, 1.165) is 0 Å². The molecule has 0 aliphatic carbocycles. The summed E-state index contributed by atoms with van der Waals surface area (Å²) in [6, 6.07) is -0.560. The van der Waals surface area contributed by atoms with E-state index < -0.39 is 6.04 Å². The summed E-state index contributed by atoms with van der Waals surface area (Å²) in [6.45, 7) is 0. The van der Waals surface area contributed by atoms with Gasteiger partial charge in [-0.1, -0.05) is 0 Å². The van der Waals surface area contributed by atoms with E-state index in [4.69, 9.17) is 5.73 Å². The molecule has 0 rings (SSSR count). The topological polar surface area (TPSA) is 52.3 Å². The van der Waals surface area contributed by atoms with Crippen LogP contribution in [0.4, 0.5) is 0 Å². The first kappa shape index (κ1) is 9.30. The number of thiol groups is 1. The van der Waals surface area contributed by atoms with E-state index >= 15 is 0 Å². The number of carbonyl (C=O) groups excluding carboxylic acids is 1. The molecule has 0 bridgehead atoms. The molecule has 0 aliphatic rings. The van der Waals surface area contributed by atoms with Crippen molar-refractivity contribution in [3.05, 3.63) is 0 Å². The molecule has 0 heterocycles. The first-order chi connectivity index (χ1) is 4.22. The van der Waals surface area contributed by atoms with E-state index in [2.05, 4.69) is 16.4 Å². The molecule has 2 N–H and O–H groups in total. The molecule has 0 amide bonds. The molecule has 0 fully saturated rings. The van der Waals surface area contributed by atoms with Gasteiger partial charge in [-0.15, -0.1) is 0 Å². The van der Waals surface area contributed by atoms with Crippen LogP contribution in [-0.4, -0.2) is 33.1 Å². The minimum atomic E-state index is -0.560. The summed E-state index contributed by atoms with van der Waals surface area (Å²) in [7, 11) is 0. The van der Waals surface area contributed by atoms with Crippen LogP contribution in [0, 0.1) is 0 Å². The Kier molecular flexibility index (Phi) is 5.28. The second-order valence-electron chi connectivity index (χ2n) is 1.36. The fraction of sp³-hybridized carbons (Fsp3) is 0.750. The van der Waals surface area contributed by atoms with Crippen molar-refractivity contribution in [1.29, 1.82) is 0 Å². The molecule has 54 valence electrons. The van der Waals surface area contributed by atoms with Crippen molar-refractivity contribution in [2.75, 3.05) is 5.75 Å². The fourth-order valence-electron chi connectivity index (χ4n) is 0.218. The molecule has 0 saturated heterocycles. The number of hydrogen-bond acceptors (Lipinski definition) is 4. The zero-order chi connectivity index (χ0) is 7.28. The van der Waals surface area contributed by atoms with Gasteiger partial charge in [0.25, 0.3) is 0 Å². The van der Waals surface area contributed by atoms with E-state index in [-0.39, 0.29) is 21.3 Å². The molecule has 5 heteroatoms. The summed E-state index contributed by atoms with van der Waals surface area (Å²) >= 11 is 3.74. The van der Waals surface area contributed by atoms with Gasteiger partial charge in [-0.05, 0) is 0 Å². The van der Waals surface area contributed by atoms with Crippen molar-refractivity contribution in [2.45, 2.75) is 11.9 Å². The Morgan fingerprint density at radius 2 is 2.56 bits per heavy atom. The van der Waals surface area contributed by atoms with E-state index in [1.807, 2.05) is 0 Å². The third kappa shape index (κ3) is 3.81. The molecule has 0 aromatic heterocycles. The Morgan fingerprint density at radius 1 is 2.00 bits per heavy atom. The predicted molar refractivity (Wildman–Crippen MR) is 39.5 cm³/mol. The molecule has 0 aliphatic heterocycles. The molecule has 0 radical (unpaired) electrons. The van der Waals surface area contributed by atoms with E-state index in [9.17, 15) is 4.79 Å². The molecule has 0 spiro atoms. The van der Waals surface area contributed by atoms with Crippen molar-refractivity contribution in [1.82, 2.24) is 0 Å². The molecule has 0 aromatic rings. The van der Waals surface area contributed by atoms with Crippen LogP contribution in [0.1, 0.15) is 0 Å². The predicted octanol–water partition coefficient (Wildman–Crippen LogP) is -0.546. The van der Waals surface area contributed by atoms with Crippen LogP contribution in [0.15, 0.2) is 0 Å². The average molecular weight is 214 g/mol. The van der Waals surface area contributed by atoms with Crippen molar-refractivity contribution >= 4 is 33.9 Å². The average Bonchev–Trinajstić information content (AvgIpc) is 1.87. The number of carbonyl (C=O) groups is 1. The van der Waals surface area contributed by atoms with E-state index in [1.54, 1.807) is 5.82 Å². The summed E-state index contributed by atoms with van der Waals surface area (Å²) < 4.78 is 4.64. The van der Waals surface area contributed by atoms with Gasteiger partial charge in [-0.25, -0.2) is 0 Å². The summed E-state index contributed by atoms with van der Waals surface area (Å²) in [5.41, 5.74) is 5.26. The van der Waals surface area contributed by atoms with Gasteiger partial charge in [0.15, 0.2) is 0 Å². The van der Waals surface area contributed by atoms with Crippen LogP contribution < -0.4 is 5.73 Å². The molecule has 0 aromatic carbocycles. The van der Waals surface area contributed by atoms with Crippen LogP contribution >= 0.6 is 12.6 Å². The minimum absolute atomic E-state index is 0.0857. The van der Waals surface area contributed by atoms with E-state index in [1.165, 1.54) is 0 Å². The van der Waals surface area contributed by atoms with Crippen LogP contribution in [0.5, 0.6) is 0 Å². The molecule has 0 saturated carbocycles.